The van der Waals surface area contributed by atoms with Gasteiger partial charge in [0.2, 0.25) is 0 Å². The molecule has 0 saturated carbocycles. The van der Waals surface area contributed by atoms with E-state index >= 15 is 0 Å². The molecule has 4 N–H and O–H groups in total. The summed E-state index contributed by atoms with van der Waals surface area (Å²) in [5.74, 6) is 1.48. The van der Waals surface area contributed by atoms with E-state index in [2.05, 4.69) is 15.6 Å². The number of aliphatic imine (C=N–C) groups is 1. The molecule has 9 heteroatoms. The minimum atomic E-state index is -0.594. The number of nitrogens with one attached hydrogen (secondary N) is 2. The van der Waals surface area contributed by atoms with Crippen LogP contribution in [-0.4, -0.2) is 30.7 Å². The lowest BCUT2D eigenvalue weighted by Gasteiger charge is -2.10. The number of thioether (sulfide) groups is 1. The Kier molecular flexibility index (Phi) is 10.9. The summed E-state index contributed by atoms with van der Waals surface area (Å²) in [5, 5.41) is 6.40. The van der Waals surface area contributed by atoms with Gasteiger partial charge in [-0.2, -0.15) is 0 Å². The number of rotatable bonds is 9. The van der Waals surface area contributed by atoms with Crippen molar-refractivity contribution in [2.45, 2.75) is 24.8 Å². The quantitative estimate of drug-likeness (QED) is 0.160. The third-order valence-electron chi connectivity index (χ3n) is 3.34. The topological polar surface area (TPSA) is 92.6 Å². The monoisotopic (exact) mass is 506 g/mol. The smallest absolute Gasteiger partial charge is 0.284 e. The van der Waals surface area contributed by atoms with Crippen LogP contribution >= 0.6 is 35.7 Å². The number of primary amides is 1. The number of nitrogens with two attached hydrogens (primary N) is 1. The van der Waals surface area contributed by atoms with Crippen LogP contribution in [0.1, 0.15) is 29.7 Å². The Morgan fingerprint density at radius 2 is 1.96 bits per heavy atom. The predicted octanol–water partition coefficient (Wildman–Crippen LogP) is 3.37. The molecule has 1 aromatic carbocycles. The van der Waals surface area contributed by atoms with Gasteiger partial charge in [-0.1, -0.05) is 0 Å². The fraction of sp³-hybridized carbons (Fsp3) is 0.333. The fourth-order valence-electron chi connectivity index (χ4n) is 2.09. The highest BCUT2D eigenvalue weighted by Crippen LogP contribution is 2.18. The molecule has 1 amide bonds. The maximum Gasteiger partial charge on any atom is 0.284 e. The molecule has 0 fully saturated rings. The van der Waals surface area contributed by atoms with Crippen LogP contribution in [0.5, 0.6) is 0 Å². The summed E-state index contributed by atoms with van der Waals surface area (Å²) in [7, 11) is 0. The number of amides is 1. The molecule has 1 aromatic heterocycles. The highest BCUT2D eigenvalue weighted by Gasteiger charge is 2.06. The second-order valence-corrected chi connectivity index (χ2v) is 6.58. The van der Waals surface area contributed by atoms with Gasteiger partial charge in [0.05, 0.1) is 0 Å². The van der Waals surface area contributed by atoms with Gasteiger partial charge in [-0.3, -0.25) is 4.79 Å². The lowest BCUT2D eigenvalue weighted by atomic mass is 10.4. The number of guanidine groups is 1. The normalized spacial score (nSPS) is 11.0. The van der Waals surface area contributed by atoms with Gasteiger partial charge in [0, 0.05) is 18.0 Å². The van der Waals surface area contributed by atoms with E-state index in [0.717, 1.165) is 30.2 Å². The van der Waals surface area contributed by atoms with Crippen LogP contribution in [0.3, 0.4) is 0 Å². The van der Waals surface area contributed by atoms with Gasteiger partial charge in [0.25, 0.3) is 5.91 Å². The molecule has 2 rings (SSSR count). The number of hydrogen-bond acceptors (Lipinski definition) is 4. The number of halogens is 2. The van der Waals surface area contributed by atoms with Gasteiger partial charge in [-0.15, -0.1) is 35.7 Å². The van der Waals surface area contributed by atoms with Gasteiger partial charge in [-0.25, -0.2) is 9.38 Å². The number of furan rings is 1. The van der Waals surface area contributed by atoms with E-state index in [4.69, 9.17) is 10.2 Å². The zero-order valence-corrected chi connectivity index (χ0v) is 18.2. The molecular formula is C18H24FIN4O2S. The Labute approximate surface area is 179 Å². The summed E-state index contributed by atoms with van der Waals surface area (Å²) in [6.45, 7) is 3.79. The van der Waals surface area contributed by atoms with Gasteiger partial charge in [0.15, 0.2) is 11.7 Å². The minimum absolute atomic E-state index is 0. The first-order valence-electron chi connectivity index (χ1n) is 8.37. The maximum atomic E-state index is 12.9. The van der Waals surface area contributed by atoms with Crippen molar-refractivity contribution in [1.82, 2.24) is 10.6 Å². The summed E-state index contributed by atoms with van der Waals surface area (Å²) < 4.78 is 18.2. The van der Waals surface area contributed by atoms with E-state index in [1.54, 1.807) is 36.0 Å². The minimum Gasteiger partial charge on any atom is -0.454 e. The number of carbonyl (C=O) groups is 1. The molecule has 0 unspecified atom stereocenters. The summed E-state index contributed by atoms with van der Waals surface area (Å²) in [6, 6.07) is 9.72. The van der Waals surface area contributed by atoms with Gasteiger partial charge in [0.1, 0.15) is 18.1 Å². The van der Waals surface area contributed by atoms with Crippen molar-refractivity contribution in [1.29, 1.82) is 0 Å². The summed E-state index contributed by atoms with van der Waals surface area (Å²) in [5.41, 5.74) is 5.16. The molecular weight excluding hydrogens is 482 g/mol. The Morgan fingerprint density at radius 3 is 2.59 bits per heavy atom. The first kappa shape index (κ1) is 23.3. The molecule has 0 radical (unpaired) electrons. The van der Waals surface area contributed by atoms with Gasteiger partial charge < -0.3 is 20.8 Å². The van der Waals surface area contributed by atoms with Crippen molar-refractivity contribution in [3.05, 3.63) is 53.7 Å². The van der Waals surface area contributed by atoms with Crippen LogP contribution in [0.25, 0.3) is 0 Å². The maximum absolute atomic E-state index is 12.9. The van der Waals surface area contributed by atoms with Crippen LogP contribution < -0.4 is 16.4 Å². The molecule has 148 valence electrons. The SMILES string of the molecule is CCNC(=NCc1ccc(C(N)=O)o1)NCCCSc1ccc(F)cc1.I. The van der Waals surface area contributed by atoms with E-state index in [9.17, 15) is 9.18 Å². The fourth-order valence-corrected chi connectivity index (χ4v) is 2.95. The lowest BCUT2D eigenvalue weighted by Crippen LogP contribution is -2.37. The third kappa shape index (κ3) is 8.65. The van der Waals surface area contributed by atoms with Crippen molar-refractivity contribution >= 4 is 47.6 Å². The zero-order chi connectivity index (χ0) is 18.8. The second-order valence-electron chi connectivity index (χ2n) is 5.41. The summed E-state index contributed by atoms with van der Waals surface area (Å²) in [6.07, 6.45) is 0.930. The van der Waals surface area contributed by atoms with Gasteiger partial charge >= 0.3 is 0 Å². The zero-order valence-electron chi connectivity index (χ0n) is 15.0. The Balaban J connectivity index is 0.00000364. The number of carbonyl (C=O) groups excluding carboxylic acids is 1. The first-order valence-corrected chi connectivity index (χ1v) is 9.36. The van der Waals surface area contributed by atoms with Crippen molar-refractivity contribution in [2.75, 3.05) is 18.8 Å². The van der Waals surface area contributed by atoms with Crippen molar-refractivity contribution < 1.29 is 13.6 Å². The molecule has 0 atom stereocenters. The first-order chi connectivity index (χ1) is 12.6. The largest absolute Gasteiger partial charge is 0.454 e. The average Bonchev–Trinajstić information content (AvgIpc) is 3.10. The highest BCUT2D eigenvalue weighted by atomic mass is 127. The number of hydrogen-bond donors (Lipinski definition) is 3. The third-order valence-corrected chi connectivity index (χ3v) is 4.44. The molecule has 2 aromatic rings. The number of benzene rings is 1. The summed E-state index contributed by atoms with van der Waals surface area (Å²) >= 11 is 1.68. The second kappa shape index (κ2) is 12.6. The van der Waals surface area contributed by atoms with E-state index < -0.39 is 5.91 Å². The van der Waals surface area contributed by atoms with Crippen LogP contribution in [0.15, 0.2) is 50.7 Å². The van der Waals surface area contributed by atoms with E-state index in [-0.39, 0.29) is 35.6 Å². The van der Waals surface area contributed by atoms with Crippen molar-refractivity contribution in [2.24, 2.45) is 10.7 Å². The highest BCUT2D eigenvalue weighted by molar-refractivity contribution is 14.0. The molecule has 0 aliphatic carbocycles. The Morgan fingerprint density at radius 1 is 1.22 bits per heavy atom. The molecule has 27 heavy (non-hydrogen) atoms. The van der Waals surface area contributed by atoms with Crippen LogP contribution in [0.2, 0.25) is 0 Å². The number of nitrogens with zero attached hydrogens (tertiary/aromatic N) is 1. The van der Waals surface area contributed by atoms with E-state index in [1.165, 1.54) is 12.1 Å². The van der Waals surface area contributed by atoms with Crippen LogP contribution in [0, 0.1) is 5.82 Å². The van der Waals surface area contributed by atoms with Crippen LogP contribution in [-0.2, 0) is 6.54 Å². The molecule has 6 nitrogen and oxygen atoms in total. The van der Waals surface area contributed by atoms with E-state index in [0.29, 0.717) is 18.3 Å². The standard InChI is InChI=1S/C18H23FN4O2S.HI/c1-2-21-18(23-12-14-6-9-16(25-14)17(20)24)22-10-3-11-26-15-7-4-13(19)5-8-15;/h4-9H,2-3,10-12H2,1H3,(H2,20,24)(H2,21,22,23);1H. The van der Waals surface area contributed by atoms with E-state index in [1.807, 2.05) is 6.92 Å². The molecule has 0 bridgehead atoms. The van der Waals surface area contributed by atoms with Crippen molar-refractivity contribution in [3.63, 3.8) is 0 Å². The molecule has 0 spiro atoms. The Bertz CT molecular complexity index is 737. The molecule has 0 aliphatic heterocycles. The molecule has 1 heterocycles. The molecule has 0 saturated heterocycles. The Hall–Kier alpha value is -1.75. The van der Waals surface area contributed by atoms with Crippen LogP contribution in [0.4, 0.5) is 4.39 Å². The predicted molar refractivity (Wildman–Crippen MR) is 117 cm³/mol. The lowest BCUT2D eigenvalue weighted by molar-refractivity contribution is 0.0972. The van der Waals surface area contributed by atoms with Gasteiger partial charge in [-0.05, 0) is 55.5 Å². The van der Waals surface area contributed by atoms with Crippen molar-refractivity contribution in [3.8, 4) is 0 Å². The summed E-state index contributed by atoms with van der Waals surface area (Å²) in [4.78, 5) is 16.5. The average molecular weight is 506 g/mol. The molecule has 0 aliphatic rings.